The molecule has 3 aliphatic rings. The van der Waals surface area contributed by atoms with Crippen LogP contribution in [0.1, 0.15) is 32.6 Å². The van der Waals surface area contributed by atoms with Gasteiger partial charge in [0.1, 0.15) is 0 Å². The first-order chi connectivity index (χ1) is 7.65. The molecule has 2 atom stereocenters. The predicted molar refractivity (Wildman–Crippen MR) is 56.7 cm³/mol. The van der Waals surface area contributed by atoms with Gasteiger partial charge in [0.15, 0.2) is 0 Å². The van der Waals surface area contributed by atoms with Crippen LogP contribution < -0.4 is 0 Å². The molecule has 16 heavy (non-hydrogen) atoms. The molecule has 0 aromatic heterocycles. The zero-order chi connectivity index (χ0) is 11.7. The van der Waals surface area contributed by atoms with Crippen LogP contribution in [-0.4, -0.2) is 23.7 Å². The van der Waals surface area contributed by atoms with Gasteiger partial charge in [0.2, 0.25) is 0 Å². The Kier molecular flexibility index (Phi) is 3.17. The Bertz CT molecular complexity index is 291. The number of rotatable bonds is 3. The standard InChI is InChI=1S/C12H18O4/c1-2-16-12(15)10-8-5-3-7(4-6-8)9(10)11(13)14/h7-10H,2-6H2,1H3,(H,13,14)/t7?,8?,9-,10+/m1/s1. The van der Waals surface area contributed by atoms with E-state index in [1.807, 2.05) is 0 Å². The summed E-state index contributed by atoms with van der Waals surface area (Å²) in [4.78, 5) is 23.1. The Hall–Kier alpha value is -1.06. The maximum Gasteiger partial charge on any atom is 0.310 e. The van der Waals surface area contributed by atoms with Gasteiger partial charge in [-0.05, 0) is 44.4 Å². The first kappa shape index (κ1) is 11.4. The fraction of sp³-hybridized carbons (Fsp3) is 0.833. The van der Waals surface area contributed by atoms with Crippen LogP contribution in [-0.2, 0) is 14.3 Å². The van der Waals surface area contributed by atoms with Crippen molar-refractivity contribution >= 4 is 11.9 Å². The second-order valence-electron chi connectivity index (χ2n) is 4.82. The van der Waals surface area contributed by atoms with Gasteiger partial charge in [-0.1, -0.05) is 0 Å². The van der Waals surface area contributed by atoms with E-state index in [0.717, 1.165) is 25.7 Å². The molecule has 0 spiro atoms. The SMILES string of the molecule is CCOC(=O)[C@H]1C2CCC(CC2)[C@H]1C(=O)O. The Morgan fingerprint density at radius 1 is 1.12 bits per heavy atom. The van der Waals surface area contributed by atoms with Crippen molar-refractivity contribution in [3.05, 3.63) is 0 Å². The van der Waals surface area contributed by atoms with E-state index in [-0.39, 0.29) is 17.8 Å². The van der Waals surface area contributed by atoms with Crippen molar-refractivity contribution in [3.63, 3.8) is 0 Å². The third-order valence-electron chi connectivity index (χ3n) is 4.06. The molecular weight excluding hydrogens is 208 g/mol. The Morgan fingerprint density at radius 2 is 1.62 bits per heavy atom. The molecule has 1 N–H and O–H groups in total. The third-order valence-corrected chi connectivity index (χ3v) is 4.06. The van der Waals surface area contributed by atoms with Gasteiger partial charge in [0, 0.05) is 0 Å². The molecule has 0 radical (unpaired) electrons. The second-order valence-corrected chi connectivity index (χ2v) is 4.82. The highest BCUT2D eigenvalue weighted by molar-refractivity contribution is 5.82. The number of ether oxygens (including phenoxy) is 1. The topological polar surface area (TPSA) is 63.6 Å². The van der Waals surface area contributed by atoms with Crippen molar-refractivity contribution in [3.8, 4) is 0 Å². The van der Waals surface area contributed by atoms with Crippen LogP contribution in [0.2, 0.25) is 0 Å². The molecule has 0 aromatic carbocycles. The van der Waals surface area contributed by atoms with Crippen molar-refractivity contribution in [1.82, 2.24) is 0 Å². The summed E-state index contributed by atoms with van der Waals surface area (Å²) in [5, 5.41) is 9.24. The summed E-state index contributed by atoms with van der Waals surface area (Å²) in [5.74, 6) is -1.63. The number of carbonyl (C=O) groups excluding carboxylic acids is 1. The number of esters is 1. The minimum atomic E-state index is -0.826. The molecule has 2 bridgehead atoms. The summed E-state index contributed by atoms with van der Waals surface area (Å²) in [7, 11) is 0. The molecule has 0 heterocycles. The normalized spacial score (nSPS) is 37.1. The van der Waals surface area contributed by atoms with Crippen LogP contribution in [0.25, 0.3) is 0 Å². The largest absolute Gasteiger partial charge is 0.481 e. The van der Waals surface area contributed by atoms with E-state index in [1.165, 1.54) is 0 Å². The highest BCUT2D eigenvalue weighted by Crippen LogP contribution is 2.49. The summed E-state index contributed by atoms with van der Waals surface area (Å²) in [6, 6.07) is 0. The molecule has 0 unspecified atom stereocenters. The summed E-state index contributed by atoms with van der Waals surface area (Å²) in [6.45, 7) is 2.09. The van der Waals surface area contributed by atoms with Gasteiger partial charge in [-0.3, -0.25) is 9.59 Å². The van der Waals surface area contributed by atoms with E-state index < -0.39 is 17.8 Å². The van der Waals surface area contributed by atoms with Gasteiger partial charge in [-0.15, -0.1) is 0 Å². The van der Waals surface area contributed by atoms with Gasteiger partial charge in [0.25, 0.3) is 0 Å². The molecule has 90 valence electrons. The van der Waals surface area contributed by atoms with Gasteiger partial charge in [-0.2, -0.15) is 0 Å². The number of carboxylic acids is 1. The average molecular weight is 226 g/mol. The van der Waals surface area contributed by atoms with Crippen LogP contribution in [0, 0.1) is 23.7 Å². The van der Waals surface area contributed by atoms with Crippen molar-refractivity contribution in [2.24, 2.45) is 23.7 Å². The minimum Gasteiger partial charge on any atom is -0.481 e. The molecule has 3 aliphatic carbocycles. The number of aliphatic carboxylic acids is 1. The number of hydrogen-bond donors (Lipinski definition) is 1. The molecule has 3 fully saturated rings. The van der Waals surface area contributed by atoms with E-state index in [0.29, 0.717) is 6.61 Å². The average Bonchev–Trinajstić information content (AvgIpc) is 2.29. The van der Waals surface area contributed by atoms with Crippen molar-refractivity contribution in [2.45, 2.75) is 32.6 Å². The molecule has 3 saturated carbocycles. The van der Waals surface area contributed by atoms with Crippen molar-refractivity contribution in [1.29, 1.82) is 0 Å². The lowest BCUT2D eigenvalue weighted by molar-refractivity contribution is -0.169. The lowest BCUT2D eigenvalue weighted by Crippen LogP contribution is -2.48. The van der Waals surface area contributed by atoms with Gasteiger partial charge in [-0.25, -0.2) is 0 Å². The lowest BCUT2D eigenvalue weighted by Gasteiger charge is -2.45. The molecule has 0 saturated heterocycles. The zero-order valence-electron chi connectivity index (χ0n) is 9.52. The van der Waals surface area contributed by atoms with E-state index in [9.17, 15) is 14.7 Å². The summed E-state index contributed by atoms with van der Waals surface area (Å²) >= 11 is 0. The highest BCUT2D eigenvalue weighted by atomic mass is 16.5. The van der Waals surface area contributed by atoms with Gasteiger partial charge < -0.3 is 9.84 Å². The van der Waals surface area contributed by atoms with Gasteiger partial charge >= 0.3 is 11.9 Å². The maximum absolute atomic E-state index is 11.8. The number of carbonyl (C=O) groups is 2. The quantitative estimate of drug-likeness (QED) is 0.744. The van der Waals surface area contributed by atoms with Crippen LogP contribution in [0.5, 0.6) is 0 Å². The molecule has 3 rings (SSSR count). The number of fused-ring (bicyclic) bond motifs is 3. The smallest absolute Gasteiger partial charge is 0.310 e. The van der Waals surface area contributed by atoms with Crippen molar-refractivity contribution in [2.75, 3.05) is 6.61 Å². The molecule has 4 nitrogen and oxygen atoms in total. The molecule has 4 heteroatoms. The summed E-state index contributed by atoms with van der Waals surface area (Å²) < 4.78 is 5.01. The Morgan fingerprint density at radius 3 is 2.06 bits per heavy atom. The van der Waals surface area contributed by atoms with Crippen LogP contribution in [0.15, 0.2) is 0 Å². The van der Waals surface area contributed by atoms with E-state index in [2.05, 4.69) is 0 Å². The monoisotopic (exact) mass is 226 g/mol. The van der Waals surface area contributed by atoms with Crippen molar-refractivity contribution < 1.29 is 19.4 Å². The zero-order valence-corrected chi connectivity index (χ0v) is 9.52. The third kappa shape index (κ3) is 1.81. The molecular formula is C12H18O4. The van der Waals surface area contributed by atoms with Crippen LogP contribution in [0.3, 0.4) is 0 Å². The lowest BCUT2D eigenvalue weighted by atomic mass is 9.58. The molecule has 0 aliphatic heterocycles. The fourth-order valence-corrected chi connectivity index (χ4v) is 3.38. The molecule has 0 aromatic rings. The van der Waals surface area contributed by atoms with E-state index >= 15 is 0 Å². The first-order valence-electron chi connectivity index (χ1n) is 6.04. The Balaban J connectivity index is 2.19. The minimum absolute atomic E-state index is 0.178. The van der Waals surface area contributed by atoms with Crippen LogP contribution in [0.4, 0.5) is 0 Å². The Labute approximate surface area is 95.0 Å². The second kappa shape index (κ2) is 4.44. The maximum atomic E-state index is 11.8. The van der Waals surface area contributed by atoms with E-state index in [4.69, 9.17) is 4.74 Å². The fourth-order valence-electron chi connectivity index (χ4n) is 3.38. The first-order valence-corrected chi connectivity index (χ1v) is 6.04. The summed E-state index contributed by atoms with van der Waals surface area (Å²) in [6.07, 6.45) is 3.88. The van der Waals surface area contributed by atoms with Gasteiger partial charge in [0.05, 0.1) is 18.4 Å². The highest BCUT2D eigenvalue weighted by Gasteiger charge is 2.51. The van der Waals surface area contributed by atoms with Crippen LogP contribution >= 0.6 is 0 Å². The number of hydrogen-bond acceptors (Lipinski definition) is 3. The predicted octanol–water partition coefficient (Wildman–Crippen LogP) is 1.69. The summed E-state index contributed by atoms with van der Waals surface area (Å²) in [5.41, 5.74) is 0. The number of carboxylic acid groups (broad SMARTS) is 1. The molecule has 0 amide bonds. The van der Waals surface area contributed by atoms with E-state index in [1.54, 1.807) is 6.92 Å².